The maximum Gasteiger partial charge on any atom is 0.303 e. The summed E-state index contributed by atoms with van der Waals surface area (Å²) in [5.41, 5.74) is 0. The summed E-state index contributed by atoms with van der Waals surface area (Å²) in [6.45, 7) is 2.14. The highest BCUT2D eigenvalue weighted by Gasteiger charge is 2.48. The number of allylic oxidation sites excluding steroid dienone is 2. The van der Waals surface area contributed by atoms with Crippen molar-refractivity contribution in [2.75, 3.05) is 0 Å². The highest BCUT2D eigenvalue weighted by atomic mass is 16.4. The highest BCUT2D eigenvalue weighted by molar-refractivity contribution is 5.88. The van der Waals surface area contributed by atoms with Gasteiger partial charge in [-0.2, -0.15) is 0 Å². The molecule has 2 aliphatic rings. The van der Waals surface area contributed by atoms with Gasteiger partial charge in [0.25, 0.3) is 0 Å². The van der Waals surface area contributed by atoms with Crippen LogP contribution in [0, 0.1) is 23.7 Å². The normalized spacial score (nSPS) is 30.0. The Hall–Kier alpha value is -1.45. The number of hydrogen-bond donors (Lipinski definition) is 1. The van der Waals surface area contributed by atoms with E-state index in [1.54, 1.807) is 0 Å². The van der Waals surface area contributed by atoms with Crippen LogP contribution in [0.3, 0.4) is 0 Å². The van der Waals surface area contributed by atoms with E-state index in [0.717, 1.165) is 38.5 Å². The second kappa shape index (κ2) is 9.14. The Morgan fingerprint density at radius 3 is 2.62 bits per heavy atom. The number of rotatable bonds is 9. The Kier molecular flexibility index (Phi) is 7.19. The quantitative estimate of drug-likeness (QED) is 0.507. The first-order valence-electron chi connectivity index (χ1n) is 9.46. The lowest BCUT2D eigenvalue weighted by molar-refractivity contribution is -0.137. The molecule has 0 aliphatic heterocycles. The summed E-state index contributed by atoms with van der Waals surface area (Å²) >= 11 is 0. The van der Waals surface area contributed by atoms with Gasteiger partial charge in [-0.1, -0.05) is 31.9 Å². The third-order valence-corrected chi connectivity index (χ3v) is 5.76. The summed E-state index contributed by atoms with van der Waals surface area (Å²) in [7, 11) is 0. The van der Waals surface area contributed by atoms with Crippen molar-refractivity contribution in [1.82, 2.24) is 0 Å². The fourth-order valence-corrected chi connectivity index (χ4v) is 4.50. The lowest BCUT2D eigenvalue weighted by Gasteiger charge is -2.34. The smallest absolute Gasteiger partial charge is 0.303 e. The molecule has 0 bridgehead atoms. The zero-order valence-corrected chi connectivity index (χ0v) is 14.7. The Morgan fingerprint density at radius 1 is 1.12 bits per heavy atom. The van der Waals surface area contributed by atoms with Gasteiger partial charge in [-0.3, -0.25) is 14.4 Å². The number of aliphatic carboxylic acids is 1. The Bertz CT molecular complexity index is 494. The first kappa shape index (κ1) is 18.9. The first-order chi connectivity index (χ1) is 11.5. The molecule has 0 heterocycles. The van der Waals surface area contributed by atoms with Crippen LogP contribution >= 0.6 is 0 Å². The molecule has 4 nitrogen and oxygen atoms in total. The van der Waals surface area contributed by atoms with Crippen molar-refractivity contribution >= 4 is 17.5 Å². The molecule has 2 aliphatic carbocycles. The summed E-state index contributed by atoms with van der Waals surface area (Å²) in [6, 6.07) is 0. The lowest BCUT2D eigenvalue weighted by Crippen LogP contribution is -2.34. The average molecular weight is 334 g/mol. The van der Waals surface area contributed by atoms with Crippen LogP contribution in [-0.4, -0.2) is 22.6 Å². The standard InChI is InChI=1S/C20H30O4/c1-2-3-8-16-17-13-19(22)15(14(17)11-12-18(16)21)9-6-4-5-7-10-20(23)24/h4,6,14-17H,2-3,5,7-13H2,1H3,(H,23,24)/t14-,15?,16+,17+/m1/s1. The van der Waals surface area contributed by atoms with Gasteiger partial charge in [-0.05, 0) is 43.9 Å². The predicted octanol–water partition coefficient (Wildman–Crippen LogP) is 4.18. The number of carbonyl (C=O) groups is 3. The number of hydrogen-bond acceptors (Lipinski definition) is 3. The van der Waals surface area contributed by atoms with Crippen molar-refractivity contribution in [3.8, 4) is 0 Å². The minimum atomic E-state index is -0.762. The van der Waals surface area contributed by atoms with E-state index in [1.807, 2.05) is 12.2 Å². The summed E-state index contributed by atoms with van der Waals surface area (Å²) < 4.78 is 0. The monoisotopic (exact) mass is 334 g/mol. The number of ketones is 2. The summed E-state index contributed by atoms with van der Waals surface area (Å²) in [6.07, 6.45) is 11.6. The second-order valence-corrected chi connectivity index (χ2v) is 7.35. The van der Waals surface area contributed by atoms with Crippen LogP contribution in [0.4, 0.5) is 0 Å². The molecule has 0 radical (unpaired) electrons. The molecule has 2 saturated carbocycles. The number of Topliss-reactive ketones (excluding diaryl/α,β-unsaturated/α-hetero) is 2. The zero-order chi connectivity index (χ0) is 17.5. The van der Waals surface area contributed by atoms with Crippen LogP contribution in [-0.2, 0) is 14.4 Å². The van der Waals surface area contributed by atoms with E-state index in [0.29, 0.717) is 36.7 Å². The molecule has 4 atom stereocenters. The molecule has 0 amide bonds. The van der Waals surface area contributed by atoms with Gasteiger partial charge in [0.05, 0.1) is 0 Å². The van der Waals surface area contributed by atoms with E-state index in [1.165, 1.54) is 0 Å². The molecule has 0 aromatic rings. The van der Waals surface area contributed by atoms with Crippen molar-refractivity contribution in [2.24, 2.45) is 23.7 Å². The lowest BCUT2D eigenvalue weighted by atomic mass is 9.69. The molecule has 24 heavy (non-hydrogen) atoms. The van der Waals surface area contributed by atoms with Crippen LogP contribution in [0.25, 0.3) is 0 Å². The van der Waals surface area contributed by atoms with Crippen molar-refractivity contribution in [2.45, 2.75) is 71.1 Å². The second-order valence-electron chi connectivity index (χ2n) is 7.35. The summed E-state index contributed by atoms with van der Waals surface area (Å²) in [4.78, 5) is 35.2. The molecule has 1 unspecified atom stereocenters. The minimum absolute atomic E-state index is 0.0722. The summed E-state index contributed by atoms with van der Waals surface area (Å²) in [5.74, 6) is 0.775. The highest BCUT2D eigenvalue weighted by Crippen LogP contribution is 2.48. The predicted molar refractivity (Wildman–Crippen MR) is 92.6 cm³/mol. The molecule has 2 fully saturated rings. The average Bonchev–Trinajstić information content (AvgIpc) is 2.85. The van der Waals surface area contributed by atoms with Crippen LogP contribution in [0.2, 0.25) is 0 Å². The molecule has 1 N–H and O–H groups in total. The van der Waals surface area contributed by atoms with Gasteiger partial charge < -0.3 is 5.11 Å². The van der Waals surface area contributed by atoms with Crippen LogP contribution in [0.1, 0.15) is 71.1 Å². The minimum Gasteiger partial charge on any atom is -0.481 e. The van der Waals surface area contributed by atoms with Gasteiger partial charge >= 0.3 is 5.97 Å². The van der Waals surface area contributed by atoms with Crippen LogP contribution in [0.5, 0.6) is 0 Å². The topological polar surface area (TPSA) is 71.4 Å². The van der Waals surface area contributed by atoms with Crippen molar-refractivity contribution in [3.05, 3.63) is 12.2 Å². The Labute approximate surface area is 144 Å². The number of carboxylic acids is 1. The fourth-order valence-electron chi connectivity index (χ4n) is 4.50. The Balaban J connectivity index is 1.88. The van der Waals surface area contributed by atoms with Gasteiger partial charge in [0.1, 0.15) is 11.6 Å². The van der Waals surface area contributed by atoms with Gasteiger partial charge in [0.2, 0.25) is 0 Å². The number of carbonyl (C=O) groups excluding carboxylic acids is 2. The SMILES string of the molecule is CCCC[C@@H]1C(=O)CC[C@@H]2C(CC=CCCCC(=O)O)C(=O)C[C@H]12. The van der Waals surface area contributed by atoms with E-state index in [2.05, 4.69) is 6.92 Å². The number of carboxylic acid groups (broad SMARTS) is 1. The van der Waals surface area contributed by atoms with E-state index < -0.39 is 5.97 Å². The molecular formula is C20H30O4. The molecule has 2 rings (SSSR count). The van der Waals surface area contributed by atoms with Crippen LogP contribution < -0.4 is 0 Å². The van der Waals surface area contributed by atoms with E-state index in [9.17, 15) is 14.4 Å². The largest absolute Gasteiger partial charge is 0.481 e. The van der Waals surface area contributed by atoms with Gasteiger partial charge in [0, 0.05) is 31.1 Å². The number of unbranched alkanes of at least 4 members (excludes halogenated alkanes) is 2. The van der Waals surface area contributed by atoms with Crippen molar-refractivity contribution in [3.63, 3.8) is 0 Å². The molecule has 134 valence electrons. The summed E-state index contributed by atoms with van der Waals surface area (Å²) in [5, 5.41) is 8.62. The van der Waals surface area contributed by atoms with Crippen molar-refractivity contribution in [1.29, 1.82) is 0 Å². The molecular weight excluding hydrogens is 304 g/mol. The van der Waals surface area contributed by atoms with Gasteiger partial charge in [0.15, 0.2) is 0 Å². The Morgan fingerprint density at radius 2 is 1.92 bits per heavy atom. The maximum atomic E-state index is 12.5. The molecule has 0 aromatic heterocycles. The van der Waals surface area contributed by atoms with E-state index in [-0.39, 0.29) is 24.2 Å². The zero-order valence-electron chi connectivity index (χ0n) is 14.7. The maximum absolute atomic E-state index is 12.5. The van der Waals surface area contributed by atoms with E-state index in [4.69, 9.17) is 5.11 Å². The van der Waals surface area contributed by atoms with Crippen LogP contribution in [0.15, 0.2) is 12.2 Å². The number of fused-ring (bicyclic) bond motifs is 1. The molecule has 0 aromatic carbocycles. The third kappa shape index (κ3) is 4.78. The van der Waals surface area contributed by atoms with Gasteiger partial charge in [-0.25, -0.2) is 0 Å². The van der Waals surface area contributed by atoms with E-state index >= 15 is 0 Å². The fraction of sp³-hybridized carbons (Fsp3) is 0.750. The third-order valence-electron chi connectivity index (χ3n) is 5.76. The molecule has 0 spiro atoms. The van der Waals surface area contributed by atoms with Crippen molar-refractivity contribution < 1.29 is 19.5 Å². The molecule has 4 heteroatoms. The molecule has 0 saturated heterocycles. The first-order valence-corrected chi connectivity index (χ1v) is 9.46. The van der Waals surface area contributed by atoms with Gasteiger partial charge in [-0.15, -0.1) is 0 Å².